The molecule has 0 bridgehead atoms. The fraction of sp³-hybridized carbons (Fsp3) is 0.200. The number of aryl methyl sites for hydroxylation is 2. The summed E-state index contributed by atoms with van der Waals surface area (Å²) in [5.74, 6) is 0.440. The van der Waals surface area contributed by atoms with Gasteiger partial charge in [0.15, 0.2) is 0 Å². The van der Waals surface area contributed by atoms with Crippen LogP contribution in [-0.2, 0) is 18.0 Å². The molecule has 1 heterocycles. The zero-order valence-electron chi connectivity index (χ0n) is 15.4. The van der Waals surface area contributed by atoms with E-state index in [1.54, 1.807) is 43.3 Å². The number of nitro benzene ring substituents is 1. The summed E-state index contributed by atoms with van der Waals surface area (Å²) in [6.45, 7) is 3.72. The molecule has 2 aromatic carbocycles. The second-order valence-corrected chi connectivity index (χ2v) is 6.09. The Balaban J connectivity index is 1.69. The van der Waals surface area contributed by atoms with Crippen molar-refractivity contribution in [1.82, 2.24) is 5.16 Å². The molecule has 8 heteroatoms. The summed E-state index contributed by atoms with van der Waals surface area (Å²) in [5.41, 5.74) is 2.27. The Labute approximate surface area is 160 Å². The third-order valence-corrected chi connectivity index (χ3v) is 4.15. The third kappa shape index (κ3) is 4.35. The van der Waals surface area contributed by atoms with Crippen molar-refractivity contribution in [2.24, 2.45) is 0 Å². The summed E-state index contributed by atoms with van der Waals surface area (Å²) in [5, 5.41) is 14.7. The van der Waals surface area contributed by atoms with Crippen LogP contribution in [0.15, 0.2) is 53.1 Å². The molecule has 0 radical (unpaired) electrons. The molecule has 3 aromatic rings. The number of aromatic nitrogens is 1. The standard InChI is InChI=1S/C20H18N2O6/c1-13-18(14(2)28-21-13)12-26-19-9-4-3-8-17(19)20(23)27-11-15-6-5-7-16(10-15)22(24)25/h3-10H,11-12H2,1-2H3. The smallest absolute Gasteiger partial charge is 0.342 e. The molecule has 0 aliphatic carbocycles. The van der Waals surface area contributed by atoms with Gasteiger partial charge in [0.2, 0.25) is 0 Å². The Morgan fingerprint density at radius 2 is 1.93 bits per heavy atom. The second kappa shape index (κ2) is 8.34. The Bertz CT molecular complexity index is 992. The first-order valence-corrected chi connectivity index (χ1v) is 8.49. The maximum Gasteiger partial charge on any atom is 0.342 e. The topological polar surface area (TPSA) is 105 Å². The summed E-state index contributed by atoms with van der Waals surface area (Å²) in [6, 6.07) is 12.7. The molecule has 144 valence electrons. The first-order valence-electron chi connectivity index (χ1n) is 8.49. The molecule has 1 aromatic heterocycles. The van der Waals surface area contributed by atoms with E-state index in [0.717, 1.165) is 11.3 Å². The van der Waals surface area contributed by atoms with Crippen LogP contribution in [0.25, 0.3) is 0 Å². The second-order valence-electron chi connectivity index (χ2n) is 6.09. The summed E-state index contributed by atoms with van der Waals surface area (Å²) in [7, 11) is 0. The van der Waals surface area contributed by atoms with Crippen LogP contribution >= 0.6 is 0 Å². The van der Waals surface area contributed by atoms with E-state index in [1.165, 1.54) is 12.1 Å². The quantitative estimate of drug-likeness (QED) is 0.343. The molecule has 28 heavy (non-hydrogen) atoms. The molecule has 0 aliphatic rings. The zero-order valence-corrected chi connectivity index (χ0v) is 15.4. The van der Waals surface area contributed by atoms with Crippen LogP contribution in [0.5, 0.6) is 5.75 Å². The Hall–Kier alpha value is -3.68. The monoisotopic (exact) mass is 382 g/mol. The number of para-hydroxylation sites is 1. The van der Waals surface area contributed by atoms with Crippen molar-refractivity contribution in [3.63, 3.8) is 0 Å². The normalized spacial score (nSPS) is 10.5. The maximum atomic E-state index is 12.5. The minimum absolute atomic E-state index is 0.0586. The van der Waals surface area contributed by atoms with Gasteiger partial charge in [0.25, 0.3) is 5.69 Å². The lowest BCUT2D eigenvalue weighted by Crippen LogP contribution is -2.08. The number of nitrogens with zero attached hydrogens (tertiary/aromatic N) is 2. The number of carbonyl (C=O) groups is 1. The van der Waals surface area contributed by atoms with E-state index in [1.807, 2.05) is 6.92 Å². The molecule has 0 unspecified atom stereocenters. The van der Waals surface area contributed by atoms with Crippen LogP contribution in [-0.4, -0.2) is 16.0 Å². The average molecular weight is 382 g/mol. The number of esters is 1. The number of hydrogen-bond donors (Lipinski definition) is 0. The molecule has 0 fully saturated rings. The summed E-state index contributed by atoms with van der Waals surface area (Å²) < 4.78 is 16.2. The van der Waals surface area contributed by atoms with Crippen LogP contribution in [0.3, 0.4) is 0 Å². The third-order valence-electron chi connectivity index (χ3n) is 4.15. The maximum absolute atomic E-state index is 12.5. The van der Waals surface area contributed by atoms with Crippen molar-refractivity contribution in [3.8, 4) is 5.75 Å². The first-order chi connectivity index (χ1) is 13.5. The molecule has 0 N–H and O–H groups in total. The van der Waals surface area contributed by atoms with Gasteiger partial charge < -0.3 is 14.0 Å². The number of hydrogen-bond acceptors (Lipinski definition) is 7. The number of rotatable bonds is 7. The van der Waals surface area contributed by atoms with Gasteiger partial charge >= 0.3 is 5.97 Å². The number of benzene rings is 2. The van der Waals surface area contributed by atoms with E-state index < -0.39 is 10.9 Å². The highest BCUT2D eigenvalue weighted by Gasteiger charge is 2.16. The molecule has 0 amide bonds. The SMILES string of the molecule is Cc1noc(C)c1COc1ccccc1C(=O)OCc1cccc([N+](=O)[O-])c1. The Morgan fingerprint density at radius 3 is 2.64 bits per heavy atom. The highest BCUT2D eigenvalue weighted by atomic mass is 16.6. The first kappa shape index (κ1) is 19.1. The molecule has 0 atom stereocenters. The lowest BCUT2D eigenvalue weighted by molar-refractivity contribution is -0.384. The molecular formula is C20H18N2O6. The minimum atomic E-state index is -0.583. The van der Waals surface area contributed by atoms with Gasteiger partial charge in [0, 0.05) is 12.1 Å². The largest absolute Gasteiger partial charge is 0.488 e. The van der Waals surface area contributed by atoms with Crippen LogP contribution in [0, 0.1) is 24.0 Å². The highest BCUT2D eigenvalue weighted by Crippen LogP contribution is 2.23. The van der Waals surface area contributed by atoms with E-state index in [0.29, 0.717) is 17.1 Å². The molecular weight excluding hydrogens is 364 g/mol. The summed E-state index contributed by atoms with van der Waals surface area (Å²) >= 11 is 0. The van der Waals surface area contributed by atoms with Gasteiger partial charge in [-0.2, -0.15) is 0 Å². The Morgan fingerprint density at radius 1 is 1.14 bits per heavy atom. The Kier molecular flexibility index (Phi) is 5.69. The van der Waals surface area contributed by atoms with Crippen LogP contribution in [0.1, 0.15) is 32.9 Å². The van der Waals surface area contributed by atoms with E-state index in [2.05, 4.69) is 5.16 Å². The molecule has 0 spiro atoms. The fourth-order valence-corrected chi connectivity index (χ4v) is 2.61. The van der Waals surface area contributed by atoms with Crippen LogP contribution < -0.4 is 4.74 Å². The molecule has 0 aliphatic heterocycles. The predicted molar refractivity (Wildman–Crippen MR) is 99.0 cm³/mol. The van der Waals surface area contributed by atoms with E-state index >= 15 is 0 Å². The number of carbonyl (C=O) groups excluding carboxylic acids is 1. The number of non-ortho nitro benzene ring substituents is 1. The summed E-state index contributed by atoms with van der Waals surface area (Å²) in [4.78, 5) is 22.8. The summed E-state index contributed by atoms with van der Waals surface area (Å²) in [6.07, 6.45) is 0. The number of ether oxygens (including phenoxy) is 2. The van der Waals surface area contributed by atoms with Crippen LogP contribution in [0.4, 0.5) is 5.69 Å². The van der Waals surface area contributed by atoms with Crippen molar-refractivity contribution >= 4 is 11.7 Å². The van der Waals surface area contributed by atoms with Crippen molar-refractivity contribution in [3.05, 3.63) is 86.8 Å². The van der Waals surface area contributed by atoms with Crippen molar-refractivity contribution in [1.29, 1.82) is 0 Å². The van der Waals surface area contributed by atoms with Crippen LogP contribution in [0.2, 0.25) is 0 Å². The van der Waals surface area contributed by atoms with Gasteiger partial charge in [0.1, 0.15) is 30.3 Å². The van der Waals surface area contributed by atoms with Crippen molar-refractivity contribution in [2.45, 2.75) is 27.1 Å². The molecule has 0 saturated heterocycles. The van der Waals surface area contributed by atoms with Gasteiger partial charge in [-0.25, -0.2) is 4.79 Å². The van der Waals surface area contributed by atoms with Crippen molar-refractivity contribution < 1.29 is 23.7 Å². The lowest BCUT2D eigenvalue weighted by atomic mass is 10.2. The van der Waals surface area contributed by atoms with Gasteiger partial charge in [-0.3, -0.25) is 10.1 Å². The lowest BCUT2D eigenvalue weighted by Gasteiger charge is -2.11. The van der Waals surface area contributed by atoms with E-state index in [-0.39, 0.29) is 24.5 Å². The van der Waals surface area contributed by atoms with Gasteiger partial charge in [-0.1, -0.05) is 29.4 Å². The van der Waals surface area contributed by atoms with Crippen molar-refractivity contribution in [2.75, 3.05) is 0 Å². The van der Waals surface area contributed by atoms with E-state index in [4.69, 9.17) is 14.0 Å². The number of nitro groups is 1. The highest BCUT2D eigenvalue weighted by molar-refractivity contribution is 5.92. The van der Waals surface area contributed by atoms with E-state index in [9.17, 15) is 14.9 Å². The van der Waals surface area contributed by atoms with Gasteiger partial charge in [-0.15, -0.1) is 0 Å². The van der Waals surface area contributed by atoms with Gasteiger partial charge in [0.05, 0.1) is 16.2 Å². The minimum Gasteiger partial charge on any atom is -0.488 e. The molecule has 0 saturated carbocycles. The average Bonchev–Trinajstić information content (AvgIpc) is 3.02. The molecule has 8 nitrogen and oxygen atoms in total. The predicted octanol–water partition coefficient (Wildman–Crippen LogP) is 4.14. The zero-order chi connectivity index (χ0) is 20.1. The fourth-order valence-electron chi connectivity index (χ4n) is 2.61. The molecule has 3 rings (SSSR count). The van der Waals surface area contributed by atoms with Gasteiger partial charge in [-0.05, 0) is 31.5 Å².